The van der Waals surface area contributed by atoms with E-state index >= 15 is 0 Å². The second-order valence-corrected chi connectivity index (χ2v) is 4.21. The van der Waals surface area contributed by atoms with Crippen LogP contribution >= 0.6 is 0 Å². The highest BCUT2D eigenvalue weighted by Gasteiger charge is 2.69. The first-order chi connectivity index (χ1) is 6.14. The van der Waals surface area contributed by atoms with Crippen LogP contribution < -0.4 is 0 Å². The molecular formula is C9H10O4. The van der Waals surface area contributed by atoms with Gasteiger partial charge in [-0.15, -0.1) is 0 Å². The minimum Gasteiger partial charge on any atom is -0.392 e. The number of hydrogen-bond acceptors (Lipinski definition) is 4. The summed E-state index contributed by atoms with van der Waals surface area (Å²) in [6, 6.07) is 0. The molecule has 4 atom stereocenters. The molecule has 3 fully saturated rings. The Balaban J connectivity index is 2.12. The van der Waals surface area contributed by atoms with Gasteiger partial charge in [-0.3, -0.25) is 9.59 Å². The molecular weight excluding hydrogens is 172 g/mol. The van der Waals surface area contributed by atoms with Crippen molar-refractivity contribution in [2.24, 2.45) is 11.3 Å². The zero-order valence-electron chi connectivity index (χ0n) is 7.28. The fraction of sp³-hybridized carbons (Fsp3) is 0.778. The van der Waals surface area contributed by atoms with Gasteiger partial charge in [-0.2, -0.15) is 0 Å². The highest BCUT2D eigenvalue weighted by molar-refractivity contribution is 6.00. The van der Waals surface area contributed by atoms with E-state index in [4.69, 9.17) is 4.74 Å². The summed E-state index contributed by atoms with van der Waals surface area (Å²) in [6.45, 7) is 1.79. The summed E-state index contributed by atoms with van der Waals surface area (Å²) >= 11 is 0. The Morgan fingerprint density at radius 2 is 2.15 bits per heavy atom. The van der Waals surface area contributed by atoms with Crippen LogP contribution in [0.2, 0.25) is 0 Å². The maximum Gasteiger partial charge on any atom is 0.323 e. The third-order valence-electron chi connectivity index (χ3n) is 3.63. The molecule has 3 rings (SSSR count). The first-order valence-electron chi connectivity index (χ1n) is 4.55. The molecule has 0 unspecified atom stereocenters. The van der Waals surface area contributed by atoms with Crippen molar-refractivity contribution in [1.82, 2.24) is 0 Å². The molecule has 0 aliphatic carbocycles. The number of fused-ring (bicyclic) bond motifs is 5. The molecule has 2 bridgehead atoms. The van der Waals surface area contributed by atoms with E-state index in [1.807, 2.05) is 0 Å². The molecule has 0 N–H and O–H groups in total. The molecule has 0 spiro atoms. The van der Waals surface area contributed by atoms with E-state index in [2.05, 4.69) is 4.74 Å². The largest absolute Gasteiger partial charge is 0.392 e. The van der Waals surface area contributed by atoms with Crippen LogP contribution in [0.5, 0.6) is 0 Å². The average Bonchev–Trinajstić information content (AvgIpc) is 2.66. The lowest BCUT2D eigenvalue weighted by molar-refractivity contribution is -0.158. The Labute approximate surface area is 75.2 Å². The van der Waals surface area contributed by atoms with E-state index in [0.29, 0.717) is 0 Å². The van der Waals surface area contributed by atoms with Crippen molar-refractivity contribution >= 4 is 11.9 Å². The second kappa shape index (κ2) is 1.95. The first kappa shape index (κ1) is 7.50. The number of cyclic esters (lactones) is 2. The van der Waals surface area contributed by atoms with Crippen molar-refractivity contribution < 1.29 is 19.1 Å². The molecule has 0 aromatic heterocycles. The Hall–Kier alpha value is -0.900. The standard InChI is InChI=1S/C9H10O4/c1-9-5-3-2-4(12-5)6(9)7(10)13-8(9)11/h4-6H,2-3H2,1H3/t4-,5-,6-,9-/m1/s1. The summed E-state index contributed by atoms with van der Waals surface area (Å²) in [4.78, 5) is 22.8. The van der Waals surface area contributed by atoms with Crippen LogP contribution in [0.15, 0.2) is 0 Å². The van der Waals surface area contributed by atoms with Gasteiger partial charge in [-0.25, -0.2) is 0 Å². The zero-order valence-corrected chi connectivity index (χ0v) is 7.28. The van der Waals surface area contributed by atoms with E-state index in [-0.39, 0.29) is 24.1 Å². The summed E-state index contributed by atoms with van der Waals surface area (Å²) in [5, 5.41) is 0. The van der Waals surface area contributed by atoms with Crippen molar-refractivity contribution in [2.45, 2.75) is 32.0 Å². The van der Waals surface area contributed by atoms with E-state index in [9.17, 15) is 9.59 Å². The highest BCUT2D eigenvalue weighted by Crippen LogP contribution is 2.55. The van der Waals surface area contributed by atoms with Gasteiger partial charge in [-0.05, 0) is 19.8 Å². The molecule has 0 saturated carbocycles. The first-order valence-corrected chi connectivity index (χ1v) is 4.55. The second-order valence-electron chi connectivity index (χ2n) is 4.21. The number of hydrogen-bond donors (Lipinski definition) is 0. The summed E-state index contributed by atoms with van der Waals surface area (Å²) in [5.41, 5.74) is -0.681. The maximum atomic E-state index is 11.5. The van der Waals surface area contributed by atoms with Gasteiger partial charge in [-0.1, -0.05) is 0 Å². The Kier molecular flexibility index (Phi) is 1.12. The van der Waals surface area contributed by atoms with E-state index in [0.717, 1.165) is 12.8 Å². The molecule has 0 aromatic rings. The van der Waals surface area contributed by atoms with Crippen molar-refractivity contribution in [1.29, 1.82) is 0 Å². The quantitative estimate of drug-likeness (QED) is 0.398. The molecule has 3 saturated heterocycles. The van der Waals surface area contributed by atoms with Crippen molar-refractivity contribution in [3.05, 3.63) is 0 Å². The van der Waals surface area contributed by atoms with Crippen LogP contribution in [0.25, 0.3) is 0 Å². The molecule has 0 aromatic carbocycles. The van der Waals surface area contributed by atoms with E-state index in [1.54, 1.807) is 6.92 Å². The van der Waals surface area contributed by atoms with Gasteiger partial charge >= 0.3 is 11.9 Å². The van der Waals surface area contributed by atoms with Crippen LogP contribution in [-0.4, -0.2) is 24.1 Å². The lowest BCUT2D eigenvalue weighted by Crippen LogP contribution is -2.40. The third-order valence-corrected chi connectivity index (χ3v) is 3.63. The number of rotatable bonds is 0. The number of carbonyl (C=O) groups excluding carboxylic acids is 2. The fourth-order valence-electron chi connectivity index (χ4n) is 2.86. The van der Waals surface area contributed by atoms with Gasteiger partial charge in [0.15, 0.2) is 0 Å². The van der Waals surface area contributed by atoms with E-state index in [1.165, 1.54) is 0 Å². The van der Waals surface area contributed by atoms with Crippen LogP contribution in [0.4, 0.5) is 0 Å². The van der Waals surface area contributed by atoms with Crippen molar-refractivity contribution in [3.8, 4) is 0 Å². The number of esters is 2. The zero-order chi connectivity index (χ0) is 9.22. The predicted octanol–water partition coefficient (Wildman–Crippen LogP) is 0.253. The Morgan fingerprint density at radius 1 is 1.38 bits per heavy atom. The molecule has 0 amide bonds. The Morgan fingerprint density at radius 3 is 2.85 bits per heavy atom. The Bertz CT molecular complexity index is 311. The molecule has 4 heteroatoms. The predicted molar refractivity (Wildman–Crippen MR) is 40.6 cm³/mol. The molecule has 70 valence electrons. The highest BCUT2D eigenvalue weighted by atomic mass is 16.6. The molecule has 3 aliphatic rings. The molecule has 13 heavy (non-hydrogen) atoms. The molecule has 0 radical (unpaired) electrons. The molecule has 3 aliphatic heterocycles. The minimum absolute atomic E-state index is 0.0750. The minimum atomic E-state index is -0.681. The molecule has 3 heterocycles. The maximum absolute atomic E-state index is 11.5. The van der Waals surface area contributed by atoms with Gasteiger partial charge in [0.2, 0.25) is 0 Å². The SMILES string of the molecule is C[C@]12C(=O)OC(=O)[C@H]1[C@H]1CC[C@H]2O1. The number of ether oxygens (including phenoxy) is 2. The third kappa shape index (κ3) is 0.633. The van der Waals surface area contributed by atoms with E-state index < -0.39 is 11.4 Å². The average molecular weight is 182 g/mol. The summed E-state index contributed by atoms with van der Waals surface area (Å²) in [7, 11) is 0. The van der Waals surface area contributed by atoms with Crippen LogP contribution in [-0.2, 0) is 19.1 Å². The monoisotopic (exact) mass is 182 g/mol. The van der Waals surface area contributed by atoms with Crippen molar-refractivity contribution in [2.75, 3.05) is 0 Å². The fourth-order valence-corrected chi connectivity index (χ4v) is 2.86. The van der Waals surface area contributed by atoms with Crippen LogP contribution in [0.3, 0.4) is 0 Å². The summed E-state index contributed by atoms with van der Waals surface area (Å²) in [5.74, 6) is -1.12. The number of carbonyl (C=O) groups is 2. The lowest BCUT2D eigenvalue weighted by Gasteiger charge is -2.25. The van der Waals surface area contributed by atoms with Gasteiger partial charge < -0.3 is 9.47 Å². The lowest BCUT2D eigenvalue weighted by atomic mass is 9.69. The van der Waals surface area contributed by atoms with Gasteiger partial charge in [0.05, 0.1) is 12.2 Å². The normalized spacial score (nSPS) is 52.5. The molecule has 4 nitrogen and oxygen atoms in total. The summed E-state index contributed by atoms with van der Waals surface area (Å²) in [6.07, 6.45) is 1.59. The van der Waals surface area contributed by atoms with Gasteiger partial charge in [0.25, 0.3) is 0 Å². The van der Waals surface area contributed by atoms with Gasteiger partial charge in [0.1, 0.15) is 11.3 Å². The van der Waals surface area contributed by atoms with Gasteiger partial charge in [0, 0.05) is 0 Å². The topological polar surface area (TPSA) is 52.6 Å². The van der Waals surface area contributed by atoms with Crippen LogP contribution in [0.1, 0.15) is 19.8 Å². The smallest absolute Gasteiger partial charge is 0.323 e. The van der Waals surface area contributed by atoms with Crippen molar-refractivity contribution in [3.63, 3.8) is 0 Å². The van der Waals surface area contributed by atoms with Crippen LogP contribution in [0, 0.1) is 11.3 Å². The summed E-state index contributed by atoms with van der Waals surface area (Å²) < 4.78 is 10.2.